The number of benzene rings is 1. The average Bonchev–Trinajstić information content (AvgIpc) is 2.92. The summed E-state index contributed by atoms with van der Waals surface area (Å²) in [6.07, 6.45) is 0.932. The van der Waals surface area contributed by atoms with Crippen molar-refractivity contribution in [1.82, 2.24) is 5.32 Å². The Morgan fingerprint density at radius 1 is 1.20 bits per heavy atom. The minimum Gasteiger partial charge on any atom is -0.496 e. The molecule has 0 aliphatic heterocycles. The van der Waals surface area contributed by atoms with E-state index in [-0.39, 0.29) is 6.04 Å². The number of hydrogen-bond donors (Lipinski definition) is 1. The maximum Gasteiger partial charge on any atom is 0.123 e. The monoisotopic (exact) mass is 273 g/mol. The molecule has 0 amide bonds. The fraction of sp³-hybridized carbons (Fsp3) is 0.412. The van der Waals surface area contributed by atoms with E-state index in [4.69, 9.17) is 9.15 Å². The number of rotatable bonds is 6. The first kappa shape index (κ1) is 14.7. The van der Waals surface area contributed by atoms with Gasteiger partial charge >= 0.3 is 0 Å². The maximum absolute atomic E-state index is 5.71. The highest BCUT2D eigenvalue weighted by molar-refractivity contribution is 5.38. The molecule has 108 valence electrons. The molecule has 0 saturated carbocycles. The normalized spacial score (nSPS) is 12.4. The molecule has 20 heavy (non-hydrogen) atoms. The van der Waals surface area contributed by atoms with Crippen LogP contribution >= 0.6 is 0 Å². The Morgan fingerprint density at radius 2 is 1.95 bits per heavy atom. The van der Waals surface area contributed by atoms with Crippen molar-refractivity contribution in [2.24, 2.45) is 0 Å². The van der Waals surface area contributed by atoms with Gasteiger partial charge in [-0.2, -0.15) is 0 Å². The highest BCUT2D eigenvalue weighted by Crippen LogP contribution is 2.26. The van der Waals surface area contributed by atoms with Gasteiger partial charge in [-0.3, -0.25) is 0 Å². The summed E-state index contributed by atoms with van der Waals surface area (Å²) in [6.45, 7) is 7.05. The van der Waals surface area contributed by atoms with Gasteiger partial charge in [0.25, 0.3) is 0 Å². The zero-order valence-corrected chi connectivity index (χ0v) is 12.7. The van der Waals surface area contributed by atoms with E-state index in [9.17, 15) is 0 Å². The second kappa shape index (κ2) is 6.62. The van der Waals surface area contributed by atoms with Crippen molar-refractivity contribution in [2.45, 2.75) is 39.8 Å². The molecule has 1 unspecified atom stereocenters. The topological polar surface area (TPSA) is 34.4 Å². The van der Waals surface area contributed by atoms with E-state index in [2.05, 4.69) is 38.2 Å². The molecule has 0 spiro atoms. The van der Waals surface area contributed by atoms with Gasteiger partial charge in [-0.15, -0.1) is 0 Å². The molecule has 0 aliphatic carbocycles. The Hall–Kier alpha value is -1.74. The minimum absolute atomic E-state index is 0.208. The molecule has 1 N–H and O–H groups in total. The van der Waals surface area contributed by atoms with E-state index < -0.39 is 0 Å². The third kappa shape index (κ3) is 3.42. The highest BCUT2D eigenvalue weighted by Gasteiger charge is 2.12. The van der Waals surface area contributed by atoms with Crippen LogP contribution in [0.1, 0.15) is 42.5 Å². The molecule has 0 saturated heterocycles. The molecule has 3 nitrogen and oxygen atoms in total. The maximum atomic E-state index is 5.71. The van der Waals surface area contributed by atoms with Gasteiger partial charge in [0, 0.05) is 18.0 Å². The summed E-state index contributed by atoms with van der Waals surface area (Å²) < 4.78 is 11.1. The van der Waals surface area contributed by atoms with Crippen LogP contribution in [0.2, 0.25) is 0 Å². The van der Waals surface area contributed by atoms with Crippen molar-refractivity contribution in [3.63, 3.8) is 0 Å². The Labute approximate surface area is 121 Å². The molecular weight excluding hydrogens is 250 g/mol. The van der Waals surface area contributed by atoms with E-state index in [1.807, 2.05) is 18.2 Å². The SMILES string of the molecule is CCc1ccc(CNC(C)c2cc(C)ccc2OC)o1. The minimum atomic E-state index is 0.208. The summed E-state index contributed by atoms with van der Waals surface area (Å²) in [5.74, 6) is 2.92. The zero-order chi connectivity index (χ0) is 14.5. The van der Waals surface area contributed by atoms with Gasteiger partial charge in [0.2, 0.25) is 0 Å². The molecule has 1 aromatic heterocycles. The number of ether oxygens (including phenoxy) is 1. The number of aryl methyl sites for hydroxylation is 2. The van der Waals surface area contributed by atoms with Crippen LogP contribution in [0.25, 0.3) is 0 Å². The second-order valence-corrected chi connectivity index (χ2v) is 5.07. The van der Waals surface area contributed by atoms with Gasteiger partial charge in [0.05, 0.1) is 13.7 Å². The van der Waals surface area contributed by atoms with Crippen LogP contribution in [-0.4, -0.2) is 7.11 Å². The molecule has 0 bridgehead atoms. The van der Waals surface area contributed by atoms with Gasteiger partial charge in [-0.1, -0.05) is 24.6 Å². The van der Waals surface area contributed by atoms with E-state index >= 15 is 0 Å². The van der Waals surface area contributed by atoms with Gasteiger partial charge in [-0.05, 0) is 32.0 Å². The van der Waals surface area contributed by atoms with Gasteiger partial charge < -0.3 is 14.5 Å². The van der Waals surface area contributed by atoms with Crippen molar-refractivity contribution < 1.29 is 9.15 Å². The molecular formula is C17H23NO2. The van der Waals surface area contributed by atoms with Crippen LogP contribution in [0.15, 0.2) is 34.7 Å². The molecule has 1 aromatic carbocycles. The van der Waals surface area contributed by atoms with Crippen molar-refractivity contribution in [1.29, 1.82) is 0 Å². The lowest BCUT2D eigenvalue weighted by molar-refractivity contribution is 0.395. The number of hydrogen-bond acceptors (Lipinski definition) is 3. The molecule has 0 fully saturated rings. The highest BCUT2D eigenvalue weighted by atomic mass is 16.5. The number of nitrogens with one attached hydrogen (secondary N) is 1. The molecule has 0 radical (unpaired) electrons. The number of furan rings is 1. The van der Waals surface area contributed by atoms with Crippen LogP contribution in [-0.2, 0) is 13.0 Å². The van der Waals surface area contributed by atoms with E-state index in [0.717, 1.165) is 30.2 Å². The third-order valence-corrected chi connectivity index (χ3v) is 3.50. The fourth-order valence-corrected chi connectivity index (χ4v) is 2.26. The smallest absolute Gasteiger partial charge is 0.123 e. The summed E-state index contributed by atoms with van der Waals surface area (Å²) in [5.41, 5.74) is 2.41. The van der Waals surface area contributed by atoms with Crippen molar-refractivity contribution >= 4 is 0 Å². The standard InChI is InChI=1S/C17H23NO2/c1-5-14-7-8-15(20-14)11-18-13(3)16-10-12(2)6-9-17(16)19-4/h6-10,13,18H,5,11H2,1-4H3. The Balaban J connectivity index is 2.04. The van der Waals surface area contributed by atoms with E-state index in [1.54, 1.807) is 7.11 Å². The fourth-order valence-electron chi connectivity index (χ4n) is 2.26. The van der Waals surface area contributed by atoms with Crippen molar-refractivity contribution in [3.8, 4) is 5.75 Å². The summed E-state index contributed by atoms with van der Waals surface area (Å²) in [5, 5.41) is 3.48. The lowest BCUT2D eigenvalue weighted by Gasteiger charge is -2.17. The summed E-state index contributed by atoms with van der Waals surface area (Å²) >= 11 is 0. The first-order chi connectivity index (χ1) is 9.63. The van der Waals surface area contributed by atoms with E-state index in [1.165, 1.54) is 11.1 Å². The predicted molar refractivity (Wildman–Crippen MR) is 81.1 cm³/mol. The molecule has 3 heteroatoms. The Morgan fingerprint density at radius 3 is 2.60 bits per heavy atom. The second-order valence-electron chi connectivity index (χ2n) is 5.07. The van der Waals surface area contributed by atoms with Gasteiger partial charge in [0.15, 0.2) is 0 Å². The van der Waals surface area contributed by atoms with Crippen LogP contribution < -0.4 is 10.1 Å². The first-order valence-electron chi connectivity index (χ1n) is 7.09. The molecule has 1 atom stereocenters. The number of methoxy groups -OCH3 is 1. The van der Waals surface area contributed by atoms with Crippen molar-refractivity contribution in [3.05, 3.63) is 53.0 Å². The summed E-state index contributed by atoms with van der Waals surface area (Å²) in [7, 11) is 1.71. The summed E-state index contributed by atoms with van der Waals surface area (Å²) in [6, 6.07) is 10.5. The van der Waals surface area contributed by atoms with E-state index in [0.29, 0.717) is 0 Å². The predicted octanol–water partition coefficient (Wildman–Crippen LogP) is 4.01. The lowest BCUT2D eigenvalue weighted by Crippen LogP contribution is -2.18. The van der Waals surface area contributed by atoms with Crippen LogP contribution in [0, 0.1) is 6.92 Å². The molecule has 1 heterocycles. The quantitative estimate of drug-likeness (QED) is 0.863. The first-order valence-corrected chi connectivity index (χ1v) is 7.09. The molecule has 0 aliphatic rings. The van der Waals surface area contributed by atoms with Crippen LogP contribution in [0.3, 0.4) is 0 Å². The Kier molecular flexibility index (Phi) is 4.85. The third-order valence-electron chi connectivity index (χ3n) is 3.50. The average molecular weight is 273 g/mol. The zero-order valence-electron chi connectivity index (χ0n) is 12.7. The van der Waals surface area contributed by atoms with Gasteiger partial charge in [-0.25, -0.2) is 0 Å². The molecule has 2 rings (SSSR count). The van der Waals surface area contributed by atoms with Crippen LogP contribution in [0.5, 0.6) is 5.75 Å². The van der Waals surface area contributed by atoms with Crippen molar-refractivity contribution in [2.75, 3.05) is 7.11 Å². The van der Waals surface area contributed by atoms with Gasteiger partial charge in [0.1, 0.15) is 17.3 Å². The Bertz CT molecular complexity index is 560. The van der Waals surface area contributed by atoms with Crippen LogP contribution in [0.4, 0.5) is 0 Å². The lowest BCUT2D eigenvalue weighted by atomic mass is 10.0. The summed E-state index contributed by atoms with van der Waals surface area (Å²) in [4.78, 5) is 0. The largest absolute Gasteiger partial charge is 0.496 e. The molecule has 2 aromatic rings.